The highest BCUT2D eigenvalue weighted by Crippen LogP contribution is 2.31. The van der Waals surface area contributed by atoms with E-state index in [0.29, 0.717) is 33.8 Å². The van der Waals surface area contributed by atoms with Crippen LogP contribution in [-0.4, -0.2) is 30.6 Å². The average Bonchev–Trinajstić information content (AvgIpc) is 3.37. The fourth-order valence-electron chi connectivity index (χ4n) is 3.84. The second-order valence-corrected chi connectivity index (χ2v) is 8.35. The Labute approximate surface area is 188 Å². The molecule has 0 unspecified atom stereocenters. The van der Waals surface area contributed by atoms with Gasteiger partial charge in [0.05, 0.1) is 44.9 Å². The molecule has 160 valence electrons. The first-order chi connectivity index (χ1) is 15.5. The molecule has 5 rings (SSSR count). The summed E-state index contributed by atoms with van der Waals surface area (Å²) in [4.78, 5) is 26.0. The van der Waals surface area contributed by atoms with Gasteiger partial charge < -0.3 is 11.1 Å². The molecule has 4 heterocycles. The average molecular weight is 444 g/mol. The number of carbonyl (C=O) groups excluding carboxylic acids is 1. The van der Waals surface area contributed by atoms with Crippen LogP contribution in [-0.2, 0) is 13.0 Å². The topological polar surface area (TPSA) is 112 Å². The Hall–Kier alpha value is -3.85. The van der Waals surface area contributed by atoms with Gasteiger partial charge in [-0.05, 0) is 37.6 Å². The molecular formula is C23H21N7OS. The van der Waals surface area contributed by atoms with Crippen LogP contribution in [0.15, 0.2) is 48.1 Å². The number of nitrogens with two attached hydrogens (primary N) is 1. The molecule has 1 amide bonds. The summed E-state index contributed by atoms with van der Waals surface area (Å²) in [6.07, 6.45) is 2.11. The Morgan fingerprint density at radius 2 is 2.03 bits per heavy atom. The van der Waals surface area contributed by atoms with Crippen LogP contribution in [0.5, 0.6) is 0 Å². The predicted molar refractivity (Wildman–Crippen MR) is 127 cm³/mol. The third-order valence-electron chi connectivity index (χ3n) is 5.32. The summed E-state index contributed by atoms with van der Waals surface area (Å²) < 4.78 is 2.66. The van der Waals surface area contributed by atoms with E-state index in [9.17, 15) is 4.79 Å². The zero-order chi connectivity index (χ0) is 22.2. The first kappa shape index (κ1) is 20.1. The zero-order valence-electron chi connectivity index (χ0n) is 17.7. The molecule has 8 nitrogen and oxygen atoms in total. The van der Waals surface area contributed by atoms with E-state index in [1.54, 1.807) is 5.38 Å². The van der Waals surface area contributed by atoms with Crippen molar-refractivity contribution in [2.75, 3.05) is 11.1 Å². The van der Waals surface area contributed by atoms with Gasteiger partial charge in [0.2, 0.25) is 0 Å². The number of rotatable bonds is 5. The molecule has 1 aromatic carbocycles. The van der Waals surface area contributed by atoms with Gasteiger partial charge in [0.15, 0.2) is 0 Å². The van der Waals surface area contributed by atoms with E-state index in [4.69, 9.17) is 10.8 Å². The largest absolute Gasteiger partial charge is 0.382 e. The maximum Gasteiger partial charge on any atom is 0.258 e. The van der Waals surface area contributed by atoms with Gasteiger partial charge >= 0.3 is 0 Å². The number of pyridine rings is 1. The Morgan fingerprint density at radius 1 is 1.19 bits per heavy atom. The molecule has 32 heavy (non-hydrogen) atoms. The molecule has 0 saturated heterocycles. The molecule has 0 aliphatic rings. The lowest BCUT2D eigenvalue weighted by Gasteiger charge is -2.08. The third-order valence-corrected chi connectivity index (χ3v) is 6.31. The smallest absolute Gasteiger partial charge is 0.258 e. The fourth-order valence-corrected chi connectivity index (χ4v) is 4.74. The number of nitrogens with one attached hydrogen (secondary N) is 1. The normalized spacial score (nSPS) is 11.3. The maximum absolute atomic E-state index is 13.1. The predicted octanol–water partition coefficient (Wildman–Crippen LogP) is 4.19. The van der Waals surface area contributed by atoms with Crippen molar-refractivity contribution in [1.29, 1.82) is 0 Å². The first-order valence-corrected chi connectivity index (χ1v) is 11.1. The number of benzene rings is 1. The van der Waals surface area contributed by atoms with E-state index < -0.39 is 0 Å². The van der Waals surface area contributed by atoms with E-state index in [1.165, 1.54) is 17.7 Å². The number of hydrogen-bond donors (Lipinski definition) is 2. The van der Waals surface area contributed by atoms with Crippen molar-refractivity contribution in [3.8, 4) is 0 Å². The minimum atomic E-state index is -0.239. The molecule has 4 aromatic heterocycles. The number of amides is 1. The number of anilines is 2. The summed E-state index contributed by atoms with van der Waals surface area (Å²) in [5, 5.41) is 10.6. The van der Waals surface area contributed by atoms with Crippen molar-refractivity contribution in [2.24, 2.45) is 0 Å². The molecule has 0 fully saturated rings. The van der Waals surface area contributed by atoms with Crippen LogP contribution in [0.2, 0.25) is 0 Å². The van der Waals surface area contributed by atoms with E-state index in [1.807, 2.05) is 48.0 Å². The molecule has 0 spiro atoms. The van der Waals surface area contributed by atoms with E-state index >= 15 is 0 Å². The van der Waals surface area contributed by atoms with Crippen molar-refractivity contribution in [3.05, 3.63) is 70.8 Å². The van der Waals surface area contributed by atoms with Gasteiger partial charge in [-0.15, -0.1) is 11.3 Å². The molecule has 0 saturated carbocycles. The summed E-state index contributed by atoms with van der Waals surface area (Å²) in [5.41, 5.74) is 11.5. The van der Waals surface area contributed by atoms with Crippen LogP contribution >= 0.6 is 11.3 Å². The lowest BCUT2D eigenvalue weighted by atomic mass is 10.1. The summed E-state index contributed by atoms with van der Waals surface area (Å²) >= 11 is 1.36. The van der Waals surface area contributed by atoms with Gasteiger partial charge in [0, 0.05) is 16.5 Å². The summed E-state index contributed by atoms with van der Waals surface area (Å²) in [5.74, 6) is 0.137. The van der Waals surface area contributed by atoms with E-state index in [2.05, 4.69) is 27.2 Å². The minimum absolute atomic E-state index is 0.239. The van der Waals surface area contributed by atoms with Gasteiger partial charge in [-0.2, -0.15) is 5.10 Å². The summed E-state index contributed by atoms with van der Waals surface area (Å²) in [6.45, 7) is 4.59. The lowest BCUT2D eigenvalue weighted by Crippen LogP contribution is -2.12. The number of nitrogens with zero attached hydrogens (tertiary/aromatic N) is 5. The number of nitrogen functional groups attached to an aromatic ring is 1. The van der Waals surface area contributed by atoms with E-state index in [-0.39, 0.29) is 5.91 Å². The standard InChI is InChI=1S/C23H21N7OS/c1-3-16-19-17(28-23(31)15-11-32-21-20(15)25-12-26-22(21)24)8-5-9-18(19)30(29-16)10-14-7-4-6-13(2)27-14/h4-9,11-12H,3,10H2,1-2H3,(H,28,31)(H2,24,25,26). The summed E-state index contributed by atoms with van der Waals surface area (Å²) in [7, 11) is 0. The van der Waals surface area contributed by atoms with Crippen molar-refractivity contribution in [1.82, 2.24) is 24.7 Å². The van der Waals surface area contributed by atoms with Crippen LogP contribution in [0.1, 0.15) is 34.4 Å². The van der Waals surface area contributed by atoms with Gasteiger partial charge in [-0.3, -0.25) is 14.5 Å². The molecule has 5 aromatic rings. The van der Waals surface area contributed by atoms with Crippen LogP contribution in [0.25, 0.3) is 21.1 Å². The van der Waals surface area contributed by atoms with Crippen LogP contribution in [0.3, 0.4) is 0 Å². The third kappa shape index (κ3) is 3.46. The highest BCUT2D eigenvalue weighted by atomic mass is 32.1. The van der Waals surface area contributed by atoms with Crippen molar-refractivity contribution in [3.63, 3.8) is 0 Å². The second-order valence-electron chi connectivity index (χ2n) is 7.47. The highest BCUT2D eigenvalue weighted by Gasteiger charge is 2.19. The maximum atomic E-state index is 13.1. The Kier molecular flexibility index (Phi) is 5.02. The van der Waals surface area contributed by atoms with E-state index in [0.717, 1.165) is 34.4 Å². The Balaban J connectivity index is 1.53. The minimum Gasteiger partial charge on any atom is -0.382 e. The SMILES string of the molecule is CCc1nn(Cc2cccc(C)n2)c2cccc(NC(=O)c3csc4c(N)ncnc34)c12. The van der Waals surface area contributed by atoms with Gasteiger partial charge in [-0.1, -0.05) is 19.1 Å². The molecule has 0 bridgehead atoms. The van der Waals surface area contributed by atoms with Crippen molar-refractivity contribution < 1.29 is 4.79 Å². The number of fused-ring (bicyclic) bond motifs is 2. The lowest BCUT2D eigenvalue weighted by molar-refractivity contribution is 0.102. The molecule has 0 aliphatic heterocycles. The van der Waals surface area contributed by atoms with Crippen molar-refractivity contribution >= 4 is 49.9 Å². The molecule has 0 radical (unpaired) electrons. The molecule has 3 N–H and O–H groups in total. The number of thiophene rings is 1. The number of carbonyl (C=O) groups is 1. The second kappa shape index (κ2) is 8.01. The first-order valence-electron chi connectivity index (χ1n) is 10.2. The van der Waals surface area contributed by atoms with Crippen LogP contribution < -0.4 is 11.1 Å². The van der Waals surface area contributed by atoms with Gasteiger partial charge in [0.1, 0.15) is 12.1 Å². The molecule has 0 aliphatic carbocycles. The van der Waals surface area contributed by atoms with Crippen molar-refractivity contribution in [2.45, 2.75) is 26.8 Å². The molecule has 9 heteroatoms. The number of hydrogen-bond acceptors (Lipinski definition) is 7. The van der Waals surface area contributed by atoms with Gasteiger partial charge in [-0.25, -0.2) is 9.97 Å². The Bertz CT molecular complexity index is 1470. The monoisotopic (exact) mass is 443 g/mol. The molecule has 0 atom stereocenters. The number of aryl methyl sites for hydroxylation is 2. The fraction of sp³-hybridized carbons (Fsp3) is 0.174. The Morgan fingerprint density at radius 3 is 2.84 bits per heavy atom. The molecular weight excluding hydrogens is 422 g/mol. The van der Waals surface area contributed by atoms with Gasteiger partial charge in [0.25, 0.3) is 5.91 Å². The quantitative estimate of drug-likeness (QED) is 0.421. The highest BCUT2D eigenvalue weighted by molar-refractivity contribution is 7.18. The zero-order valence-corrected chi connectivity index (χ0v) is 18.5. The van der Waals surface area contributed by atoms with Crippen LogP contribution in [0, 0.1) is 6.92 Å². The van der Waals surface area contributed by atoms with Crippen LogP contribution in [0.4, 0.5) is 11.5 Å². The summed E-state index contributed by atoms with van der Waals surface area (Å²) in [6, 6.07) is 11.8. The number of aromatic nitrogens is 5.